The lowest BCUT2D eigenvalue weighted by molar-refractivity contribution is 0.0949. The molecule has 0 aliphatic rings. The quantitative estimate of drug-likeness (QED) is 0.236. The van der Waals surface area contributed by atoms with Crippen LogP contribution in [0, 0.1) is 6.92 Å². The van der Waals surface area contributed by atoms with E-state index in [4.69, 9.17) is 0 Å². The Morgan fingerprint density at radius 1 is 0.882 bits per heavy atom. The molecule has 1 amide bonds. The summed E-state index contributed by atoms with van der Waals surface area (Å²) in [5, 5.41) is 10.6. The van der Waals surface area contributed by atoms with Gasteiger partial charge in [0.05, 0.1) is 17.6 Å². The molecule has 6 heteroatoms. The fraction of sp³-hybridized carbons (Fsp3) is 0.0357. The normalized spacial score (nSPS) is 11.1. The van der Waals surface area contributed by atoms with Crippen LogP contribution in [0.4, 0.5) is 0 Å². The fourth-order valence-corrected chi connectivity index (χ4v) is 4.21. The van der Waals surface area contributed by atoms with E-state index in [1.807, 2.05) is 66.9 Å². The van der Waals surface area contributed by atoms with Crippen molar-refractivity contribution in [2.45, 2.75) is 6.92 Å². The maximum atomic E-state index is 12.8. The summed E-state index contributed by atoms with van der Waals surface area (Å²) in [4.78, 5) is 13.8. The van der Waals surface area contributed by atoms with Gasteiger partial charge in [0.15, 0.2) is 5.69 Å². The van der Waals surface area contributed by atoms with Crippen LogP contribution >= 0.6 is 11.3 Å². The first kappa shape index (κ1) is 21.6. The van der Waals surface area contributed by atoms with E-state index in [0.29, 0.717) is 5.69 Å². The van der Waals surface area contributed by atoms with Gasteiger partial charge >= 0.3 is 0 Å². The van der Waals surface area contributed by atoms with Crippen LogP contribution in [0.5, 0.6) is 0 Å². The number of thiophene rings is 1. The standard InChI is InChI=1S/C28H22N4OS/c1-20-9-15-24(16-10-20)32-27(23-13-11-22(12-14-23)21-6-3-2-4-7-21)18-26(31-32)28(33)30-29-19-25-8-5-17-34-25/h2-19H,1H3,(H,30,33)/b29-19-. The van der Waals surface area contributed by atoms with Crippen molar-refractivity contribution in [3.8, 4) is 28.1 Å². The molecule has 166 valence electrons. The third-order valence-electron chi connectivity index (χ3n) is 5.41. The summed E-state index contributed by atoms with van der Waals surface area (Å²) >= 11 is 1.55. The molecule has 0 radical (unpaired) electrons. The number of carbonyl (C=O) groups excluding carboxylic acids is 1. The highest BCUT2D eigenvalue weighted by molar-refractivity contribution is 7.11. The zero-order valence-electron chi connectivity index (χ0n) is 18.6. The summed E-state index contributed by atoms with van der Waals surface area (Å²) in [6, 6.07) is 32.3. The van der Waals surface area contributed by atoms with Crippen molar-refractivity contribution in [1.82, 2.24) is 15.2 Å². The van der Waals surface area contributed by atoms with Crippen molar-refractivity contribution in [3.63, 3.8) is 0 Å². The highest BCUT2D eigenvalue weighted by Gasteiger charge is 2.17. The largest absolute Gasteiger partial charge is 0.291 e. The van der Waals surface area contributed by atoms with Crippen molar-refractivity contribution in [2.75, 3.05) is 0 Å². The van der Waals surface area contributed by atoms with Crippen LogP contribution in [0.2, 0.25) is 0 Å². The molecule has 3 aromatic carbocycles. The van der Waals surface area contributed by atoms with Crippen molar-refractivity contribution in [1.29, 1.82) is 0 Å². The average molecular weight is 463 g/mol. The van der Waals surface area contributed by atoms with Gasteiger partial charge in [0.25, 0.3) is 5.91 Å². The third kappa shape index (κ3) is 4.72. The summed E-state index contributed by atoms with van der Waals surface area (Å²) < 4.78 is 1.80. The minimum Gasteiger partial charge on any atom is -0.265 e. The molecule has 0 aliphatic carbocycles. The van der Waals surface area contributed by atoms with Gasteiger partial charge in [-0.15, -0.1) is 11.3 Å². The Morgan fingerprint density at radius 2 is 1.59 bits per heavy atom. The Balaban J connectivity index is 1.48. The first-order valence-corrected chi connectivity index (χ1v) is 11.8. The van der Waals surface area contributed by atoms with Gasteiger partial charge < -0.3 is 0 Å². The van der Waals surface area contributed by atoms with E-state index in [0.717, 1.165) is 38.5 Å². The van der Waals surface area contributed by atoms with Crippen LogP contribution in [0.25, 0.3) is 28.1 Å². The van der Waals surface area contributed by atoms with Gasteiger partial charge in [-0.2, -0.15) is 10.2 Å². The van der Waals surface area contributed by atoms with E-state index in [-0.39, 0.29) is 5.91 Å². The van der Waals surface area contributed by atoms with Crippen LogP contribution in [0.3, 0.4) is 0 Å². The van der Waals surface area contributed by atoms with Crippen molar-refractivity contribution in [2.24, 2.45) is 5.10 Å². The number of aryl methyl sites for hydroxylation is 1. The second-order valence-electron chi connectivity index (χ2n) is 7.82. The second-order valence-corrected chi connectivity index (χ2v) is 8.80. The number of hydrogen-bond acceptors (Lipinski definition) is 4. The summed E-state index contributed by atoms with van der Waals surface area (Å²) in [5.41, 5.74) is 9.00. The number of rotatable bonds is 6. The molecule has 0 unspecified atom stereocenters. The van der Waals surface area contributed by atoms with E-state index in [2.05, 4.69) is 52.0 Å². The van der Waals surface area contributed by atoms with Crippen LogP contribution in [-0.2, 0) is 0 Å². The molecule has 5 nitrogen and oxygen atoms in total. The lowest BCUT2D eigenvalue weighted by Crippen LogP contribution is -2.18. The number of nitrogens with one attached hydrogen (secondary N) is 1. The molecule has 2 heterocycles. The molecule has 0 fully saturated rings. The maximum Gasteiger partial charge on any atom is 0.291 e. The van der Waals surface area contributed by atoms with E-state index >= 15 is 0 Å². The minimum absolute atomic E-state index is 0.297. The van der Waals surface area contributed by atoms with Crippen LogP contribution in [-0.4, -0.2) is 21.9 Å². The topological polar surface area (TPSA) is 59.3 Å². The number of nitrogens with zero attached hydrogens (tertiary/aromatic N) is 3. The Hall–Kier alpha value is -4.29. The molecule has 5 aromatic rings. The SMILES string of the molecule is Cc1ccc(-n2nc(C(=O)N/N=C\c3cccs3)cc2-c2ccc(-c3ccccc3)cc2)cc1. The number of hydrogen-bond donors (Lipinski definition) is 1. The van der Waals surface area contributed by atoms with Crippen molar-refractivity contribution in [3.05, 3.63) is 119 Å². The number of hydrazone groups is 1. The Morgan fingerprint density at radius 3 is 2.29 bits per heavy atom. The molecular formula is C28H22N4OS. The zero-order chi connectivity index (χ0) is 23.3. The molecule has 5 rings (SSSR count). The van der Waals surface area contributed by atoms with Crippen molar-refractivity contribution < 1.29 is 4.79 Å². The number of carbonyl (C=O) groups is 1. The number of amides is 1. The highest BCUT2D eigenvalue weighted by atomic mass is 32.1. The predicted molar refractivity (Wildman–Crippen MR) is 139 cm³/mol. The maximum absolute atomic E-state index is 12.8. The molecule has 0 spiro atoms. The molecule has 0 bridgehead atoms. The first-order valence-electron chi connectivity index (χ1n) is 10.9. The van der Waals surface area contributed by atoms with Gasteiger partial charge in [0.1, 0.15) is 0 Å². The fourth-order valence-electron chi connectivity index (χ4n) is 3.62. The Kier molecular flexibility index (Phi) is 6.14. The van der Waals surface area contributed by atoms with Gasteiger partial charge in [-0.05, 0) is 47.7 Å². The summed E-state index contributed by atoms with van der Waals surface area (Å²) in [5.74, 6) is -0.360. The van der Waals surface area contributed by atoms with Gasteiger partial charge in [-0.3, -0.25) is 4.79 Å². The van der Waals surface area contributed by atoms with E-state index < -0.39 is 0 Å². The summed E-state index contributed by atoms with van der Waals surface area (Å²) in [7, 11) is 0. The molecule has 0 aliphatic heterocycles. The Bertz CT molecular complexity index is 1420. The Labute approximate surface area is 202 Å². The lowest BCUT2D eigenvalue weighted by atomic mass is 10.0. The van der Waals surface area contributed by atoms with Gasteiger partial charge in [-0.1, -0.05) is 78.4 Å². The third-order valence-corrected chi connectivity index (χ3v) is 6.22. The molecule has 0 atom stereocenters. The molecule has 0 saturated carbocycles. The predicted octanol–water partition coefficient (Wildman–Crippen LogP) is 6.34. The van der Waals surface area contributed by atoms with Crippen LogP contribution < -0.4 is 5.43 Å². The number of aromatic nitrogens is 2. The van der Waals surface area contributed by atoms with Crippen LogP contribution in [0.1, 0.15) is 20.9 Å². The van der Waals surface area contributed by atoms with Gasteiger partial charge in [0, 0.05) is 10.4 Å². The molecular weight excluding hydrogens is 440 g/mol. The van der Waals surface area contributed by atoms with Crippen molar-refractivity contribution >= 4 is 23.5 Å². The highest BCUT2D eigenvalue weighted by Crippen LogP contribution is 2.27. The van der Waals surface area contributed by atoms with Crippen LogP contribution in [0.15, 0.2) is 108 Å². The van der Waals surface area contributed by atoms with Gasteiger partial charge in [0.2, 0.25) is 0 Å². The number of benzene rings is 3. The molecule has 34 heavy (non-hydrogen) atoms. The summed E-state index contributed by atoms with van der Waals surface area (Å²) in [6.45, 7) is 2.04. The van der Waals surface area contributed by atoms with Gasteiger partial charge in [-0.25, -0.2) is 10.1 Å². The van der Waals surface area contributed by atoms with E-state index in [1.54, 1.807) is 28.3 Å². The average Bonchev–Trinajstić information content (AvgIpc) is 3.56. The molecule has 0 saturated heterocycles. The second kappa shape index (κ2) is 9.68. The molecule has 2 aromatic heterocycles. The zero-order valence-corrected chi connectivity index (χ0v) is 19.4. The minimum atomic E-state index is -0.360. The molecule has 1 N–H and O–H groups in total. The first-order chi connectivity index (χ1) is 16.7. The lowest BCUT2D eigenvalue weighted by Gasteiger charge is -2.09. The summed E-state index contributed by atoms with van der Waals surface area (Å²) in [6.07, 6.45) is 1.63. The van der Waals surface area contributed by atoms with E-state index in [9.17, 15) is 4.79 Å². The smallest absolute Gasteiger partial charge is 0.265 e. The monoisotopic (exact) mass is 462 g/mol. The van der Waals surface area contributed by atoms with E-state index in [1.165, 1.54) is 0 Å².